The molecular weight excluding hydrogens is 375 g/mol. The van der Waals surface area contributed by atoms with Crippen LogP contribution in [0.25, 0.3) is 10.9 Å². The Labute approximate surface area is 167 Å². The lowest BCUT2D eigenvalue weighted by molar-refractivity contribution is -0.123. The molecule has 1 amide bonds. The van der Waals surface area contributed by atoms with Crippen molar-refractivity contribution >= 4 is 16.8 Å². The van der Waals surface area contributed by atoms with Crippen LogP contribution in [0.4, 0.5) is 4.39 Å². The topological polar surface area (TPSA) is 107 Å². The van der Waals surface area contributed by atoms with E-state index in [4.69, 9.17) is 10.00 Å². The lowest BCUT2D eigenvalue weighted by atomic mass is 9.81. The van der Waals surface area contributed by atoms with Crippen molar-refractivity contribution in [2.24, 2.45) is 11.8 Å². The van der Waals surface area contributed by atoms with Crippen LogP contribution in [0, 0.1) is 35.9 Å². The summed E-state index contributed by atoms with van der Waals surface area (Å²) in [5.74, 6) is -0.560. The number of nitriles is 1. The number of hydrogen-bond acceptors (Lipinski definition) is 5. The van der Waals surface area contributed by atoms with Gasteiger partial charge in [-0.2, -0.15) is 5.26 Å². The highest BCUT2D eigenvalue weighted by molar-refractivity contribution is 5.85. The van der Waals surface area contributed by atoms with Crippen LogP contribution in [0.5, 0.6) is 0 Å². The second-order valence-corrected chi connectivity index (χ2v) is 7.89. The molecule has 4 rings (SSSR count). The summed E-state index contributed by atoms with van der Waals surface area (Å²) >= 11 is 0. The highest BCUT2D eigenvalue weighted by atomic mass is 19.1. The number of amides is 1. The first-order valence-electron chi connectivity index (χ1n) is 9.77. The van der Waals surface area contributed by atoms with Crippen molar-refractivity contribution in [3.05, 3.63) is 45.5 Å². The predicted octanol–water partition coefficient (Wildman–Crippen LogP) is 1.15. The molecule has 0 saturated carbocycles. The summed E-state index contributed by atoms with van der Waals surface area (Å²) in [6.45, 7) is 3.27. The Morgan fingerprint density at radius 2 is 2.24 bits per heavy atom. The minimum Gasteiger partial charge on any atom is -0.379 e. The summed E-state index contributed by atoms with van der Waals surface area (Å²) < 4.78 is 19.3. The number of carbonyl (C=O) groups is 1. The monoisotopic (exact) mass is 398 g/mol. The summed E-state index contributed by atoms with van der Waals surface area (Å²) in [4.78, 5) is 27.9. The number of aromatic nitrogens is 1. The molecular formula is C21H23FN4O3. The maximum atomic E-state index is 13.6. The van der Waals surface area contributed by atoms with E-state index in [1.807, 2.05) is 0 Å². The van der Waals surface area contributed by atoms with Crippen molar-refractivity contribution < 1.29 is 13.9 Å². The molecule has 7 nitrogen and oxygen atoms in total. The minimum atomic E-state index is -0.396. The van der Waals surface area contributed by atoms with Gasteiger partial charge in [0.15, 0.2) is 0 Å². The van der Waals surface area contributed by atoms with Crippen molar-refractivity contribution in [1.29, 1.82) is 5.26 Å². The normalized spacial score (nSPS) is 26.5. The predicted molar refractivity (Wildman–Crippen MR) is 105 cm³/mol. The summed E-state index contributed by atoms with van der Waals surface area (Å²) in [5, 5.41) is 16.1. The summed E-state index contributed by atoms with van der Waals surface area (Å²) in [7, 11) is 0. The summed E-state index contributed by atoms with van der Waals surface area (Å²) in [5.41, 5.74) is 1.13. The van der Waals surface area contributed by atoms with Crippen LogP contribution >= 0.6 is 0 Å². The Bertz CT molecular complexity index is 1040. The average molecular weight is 398 g/mol. The number of pyridine rings is 1. The van der Waals surface area contributed by atoms with Crippen LogP contribution in [0.1, 0.15) is 17.5 Å². The Hall–Kier alpha value is -2.76. The molecule has 0 bridgehead atoms. The van der Waals surface area contributed by atoms with Gasteiger partial charge in [0.2, 0.25) is 5.91 Å². The molecule has 0 spiro atoms. The van der Waals surface area contributed by atoms with Crippen molar-refractivity contribution in [3.63, 3.8) is 0 Å². The Morgan fingerprint density at radius 1 is 1.41 bits per heavy atom. The largest absolute Gasteiger partial charge is 0.379 e. The molecule has 2 aliphatic rings. The average Bonchev–Trinajstić information content (AvgIpc) is 2.71. The van der Waals surface area contributed by atoms with Crippen LogP contribution < -0.4 is 16.2 Å². The Morgan fingerprint density at radius 3 is 3.03 bits per heavy atom. The number of halogens is 1. The molecule has 0 radical (unpaired) electrons. The standard InChI is InChI=1S/C21H23FN4O3/c1-11-15-5-14(22)2-3-17(15)26-21(28)16(11)6-19(27)25-18-10-29-9-13-4-12(7-23)8-24-20(13)18/h2-3,5,12-13,18,20,24H,4,6,8-10H2,1H3,(H,25,27)(H,26,28)/t12?,13?,18-,20?/m0/s1. The van der Waals surface area contributed by atoms with E-state index in [0.717, 1.165) is 6.42 Å². The van der Waals surface area contributed by atoms with Crippen LogP contribution in [0.15, 0.2) is 23.0 Å². The van der Waals surface area contributed by atoms with Gasteiger partial charge in [0.25, 0.3) is 5.56 Å². The lowest BCUT2D eigenvalue weighted by Gasteiger charge is -2.43. The molecule has 2 aliphatic heterocycles. The number of ether oxygens (including phenoxy) is 1. The van der Waals surface area contributed by atoms with E-state index in [9.17, 15) is 14.0 Å². The molecule has 3 heterocycles. The summed E-state index contributed by atoms with van der Waals surface area (Å²) in [6.07, 6.45) is 0.651. The number of benzene rings is 1. The van der Waals surface area contributed by atoms with Gasteiger partial charge in [-0.25, -0.2) is 4.39 Å². The molecule has 3 N–H and O–H groups in total. The first-order chi connectivity index (χ1) is 14.0. The number of piperidine rings is 1. The minimum absolute atomic E-state index is 0.0439. The molecule has 2 saturated heterocycles. The van der Waals surface area contributed by atoms with E-state index >= 15 is 0 Å². The van der Waals surface area contributed by atoms with Crippen molar-refractivity contribution in [2.75, 3.05) is 19.8 Å². The molecule has 2 aromatic rings. The highest BCUT2D eigenvalue weighted by Crippen LogP contribution is 2.27. The van der Waals surface area contributed by atoms with E-state index < -0.39 is 5.82 Å². The van der Waals surface area contributed by atoms with E-state index in [-0.39, 0.29) is 41.8 Å². The highest BCUT2D eigenvalue weighted by Gasteiger charge is 2.39. The first kappa shape index (κ1) is 19.6. The molecule has 4 atom stereocenters. The number of aromatic amines is 1. The zero-order valence-electron chi connectivity index (χ0n) is 16.1. The fraction of sp³-hybridized carbons (Fsp3) is 0.476. The number of nitrogens with one attached hydrogen (secondary N) is 3. The maximum absolute atomic E-state index is 13.6. The number of H-pyrrole nitrogens is 1. The van der Waals surface area contributed by atoms with Crippen LogP contribution in [-0.2, 0) is 16.0 Å². The zero-order chi connectivity index (χ0) is 20.5. The fourth-order valence-electron chi connectivity index (χ4n) is 4.46. The van der Waals surface area contributed by atoms with Gasteiger partial charge in [-0.1, -0.05) is 0 Å². The Balaban J connectivity index is 1.50. The third-order valence-electron chi connectivity index (χ3n) is 5.98. The molecule has 2 fully saturated rings. The number of aryl methyl sites for hydroxylation is 1. The van der Waals surface area contributed by atoms with Gasteiger partial charge in [-0.3, -0.25) is 9.59 Å². The van der Waals surface area contributed by atoms with Gasteiger partial charge in [-0.05, 0) is 37.1 Å². The molecule has 0 aliphatic carbocycles. The SMILES string of the molecule is Cc1c(CC(=O)N[C@H]2COCC3CC(C#N)CNC32)c(=O)[nH]c2ccc(F)cc12. The molecule has 8 heteroatoms. The smallest absolute Gasteiger partial charge is 0.252 e. The lowest BCUT2D eigenvalue weighted by Crippen LogP contribution is -2.62. The Kier molecular flexibility index (Phi) is 5.35. The number of nitrogens with zero attached hydrogens (tertiary/aromatic N) is 1. The fourth-order valence-corrected chi connectivity index (χ4v) is 4.46. The third kappa shape index (κ3) is 3.88. The number of carbonyl (C=O) groups excluding carboxylic acids is 1. The van der Waals surface area contributed by atoms with Gasteiger partial charge < -0.3 is 20.4 Å². The van der Waals surface area contributed by atoms with Gasteiger partial charge in [-0.15, -0.1) is 0 Å². The van der Waals surface area contributed by atoms with Crippen LogP contribution in [0.3, 0.4) is 0 Å². The van der Waals surface area contributed by atoms with Crippen molar-refractivity contribution in [1.82, 2.24) is 15.6 Å². The molecule has 1 aromatic heterocycles. The van der Waals surface area contributed by atoms with E-state index in [1.54, 1.807) is 6.92 Å². The van der Waals surface area contributed by atoms with E-state index in [2.05, 4.69) is 21.7 Å². The maximum Gasteiger partial charge on any atom is 0.252 e. The first-order valence-corrected chi connectivity index (χ1v) is 9.77. The van der Waals surface area contributed by atoms with Crippen LogP contribution in [-0.4, -0.2) is 42.7 Å². The van der Waals surface area contributed by atoms with Gasteiger partial charge >= 0.3 is 0 Å². The summed E-state index contributed by atoms with van der Waals surface area (Å²) in [6, 6.07) is 6.27. The van der Waals surface area contributed by atoms with E-state index in [0.29, 0.717) is 41.8 Å². The van der Waals surface area contributed by atoms with Gasteiger partial charge in [0, 0.05) is 35.0 Å². The molecule has 152 valence electrons. The zero-order valence-corrected chi connectivity index (χ0v) is 16.1. The van der Waals surface area contributed by atoms with Crippen LogP contribution in [0.2, 0.25) is 0 Å². The second-order valence-electron chi connectivity index (χ2n) is 7.89. The third-order valence-corrected chi connectivity index (χ3v) is 5.98. The van der Waals surface area contributed by atoms with Gasteiger partial charge in [0.05, 0.1) is 37.7 Å². The number of rotatable bonds is 3. The molecule has 29 heavy (non-hydrogen) atoms. The number of hydrogen-bond donors (Lipinski definition) is 3. The van der Waals surface area contributed by atoms with Crippen molar-refractivity contribution in [2.45, 2.75) is 31.8 Å². The second kappa shape index (κ2) is 7.93. The quantitative estimate of drug-likeness (QED) is 0.719. The molecule has 1 aromatic carbocycles. The van der Waals surface area contributed by atoms with Crippen molar-refractivity contribution in [3.8, 4) is 6.07 Å². The number of fused-ring (bicyclic) bond motifs is 2. The van der Waals surface area contributed by atoms with Gasteiger partial charge in [0.1, 0.15) is 5.82 Å². The van der Waals surface area contributed by atoms with E-state index in [1.165, 1.54) is 18.2 Å². The molecule has 3 unspecified atom stereocenters.